The minimum Gasteiger partial charge on any atom is -0.485 e. The molecule has 3 aromatic rings. The van der Waals surface area contributed by atoms with E-state index >= 15 is 0 Å². The first-order valence-electron chi connectivity index (χ1n) is 9.79. The molecule has 162 valence electrons. The molecule has 8 heteroatoms. The first-order chi connectivity index (χ1) is 14.9. The number of thioether (sulfide) groups is 1. The smallest absolute Gasteiger partial charge is 0.234 e. The predicted octanol–water partition coefficient (Wildman–Crippen LogP) is 5.35. The Hall–Kier alpha value is -2.77. The molecular formula is C23H25ClN4O2S. The molecule has 1 N–H and O–H groups in total. The van der Waals surface area contributed by atoms with E-state index < -0.39 is 0 Å². The van der Waals surface area contributed by atoms with E-state index in [4.69, 9.17) is 16.3 Å². The van der Waals surface area contributed by atoms with Crippen LogP contribution in [0.25, 0.3) is 0 Å². The summed E-state index contributed by atoms with van der Waals surface area (Å²) >= 11 is 7.33. The molecule has 0 atom stereocenters. The maximum atomic E-state index is 12.5. The van der Waals surface area contributed by atoms with E-state index in [1.165, 1.54) is 11.8 Å². The van der Waals surface area contributed by atoms with Crippen molar-refractivity contribution < 1.29 is 9.53 Å². The molecule has 3 rings (SSSR count). The number of carbonyl (C=O) groups excluding carboxylic acids is 1. The van der Waals surface area contributed by atoms with Gasteiger partial charge in [-0.2, -0.15) is 0 Å². The topological polar surface area (TPSA) is 69.0 Å². The summed E-state index contributed by atoms with van der Waals surface area (Å²) in [7, 11) is 0. The molecule has 6 nitrogen and oxygen atoms in total. The second-order valence-corrected chi connectivity index (χ2v) is 8.53. The van der Waals surface area contributed by atoms with Crippen LogP contribution in [0.15, 0.2) is 54.2 Å². The SMILES string of the molecule is C=CCn1c(COc2ccc(Cl)cc2C)nnc1SCC(=O)Nc1cc(C)ccc1C. The Balaban J connectivity index is 1.64. The van der Waals surface area contributed by atoms with E-state index in [1.807, 2.05) is 55.7 Å². The van der Waals surface area contributed by atoms with E-state index in [9.17, 15) is 4.79 Å². The number of aryl methyl sites for hydroxylation is 3. The Kier molecular flexibility index (Phi) is 7.76. The summed E-state index contributed by atoms with van der Waals surface area (Å²) in [6.07, 6.45) is 1.76. The van der Waals surface area contributed by atoms with E-state index in [0.29, 0.717) is 22.5 Å². The lowest BCUT2D eigenvalue weighted by Crippen LogP contribution is -2.15. The normalized spacial score (nSPS) is 10.7. The number of rotatable bonds is 9. The number of hydrogen-bond acceptors (Lipinski definition) is 5. The Morgan fingerprint density at radius 2 is 2.00 bits per heavy atom. The van der Waals surface area contributed by atoms with Crippen molar-refractivity contribution in [1.82, 2.24) is 14.8 Å². The third kappa shape index (κ3) is 6.12. The molecule has 0 radical (unpaired) electrons. The third-order valence-electron chi connectivity index (χ3n) is 4.60. The van der Waals surface area contributed by atoms with Crippen LogP contribution in [0.3, 0.4) is 0 Å². The number of hydrogen-bond donors (Lipinski definition) is 1. The van der Waals surface area contributed by atoms with Gasteiger partial charge in [-0.3, -0.25) is 9.36 Å². The van der Waals surface area contributed by atoms with Gasteiger partial charge in [0.05, 0.1) is 5.75 Å². The fourth-order valence-corrected chi connectivity index (χ4v) is 3.94. The average Bonchev–Trinajstić information content (AvgIpc) is 3.10. The fourth-order valence-electron chi connectivity index (χ4n) is 2.95. The second-order valence-electron chi connectivity index (χ2n) is 7.15. The van der Waals surface area contributed by atoms with Crippen LogP contribution in [-0.4, -0.2) is 26.4 Å². The molecule has 1 heterocycles. The number of anilines is 1. The summed E-state index contributed by atoms with van der Waals surface area (Å²) in [5.74, 6) is 1.52. The first kappa shape index (κ1) is 22.9. The van der Waals surface area contributed by atoms with Gasteiger partial charge in [-0.05, 0) is 61.7 Å². The standard InChI is InChI=1S/C23H25ClN4O2S/c1-5-10-28-21(13-30-20-9-8-18(24)12-17(20)4)26-27-23(28)31-14-22(29)25-19-11-15(2)6-7-16(19)3/h5-9,11-12H,1,10,13-14H2,2-4H3,(H,25,29). The van der Waals surface area contributed by atoms with Crippen molar-refractivity contribution in [3.63, 3.8) is 0 Å². The van der Waals surface area contributed by atoms with Crippen LogP contribution in [0.4, 0.5) is 5.69 Å². The molecule has 0 aliphatic carbocycles. The lowest BCUT2D eigenvalue weighted by molar-refractivity contribution is -0.113. The summed E-state index contributed by atoms with van der Waals surface area (Å²) in [4.78, 5) is 12.5. The number of ether oxygens (including phenoxy) is 1. The number of allylic oxidation sites excluding steroid dienone is 1. The highest BCUT2D eigenvalue weighted by molar-refractivity contribution is 7.99. The van der Waals surface area contributed by atoms with Crippen LogP contribution < -0.4 is 10.1 Å². The molecule has 0 saturated heterocycles. The highest BCUT2D eigenvalue weighted by Crippen LogP contribution is 2.24. The van der Waals surface area contributed by atoms with E-state index in [2.05, 4.69) is 22.1 Å². The van der Waals surface area contributed by atoms with Crippen LogP contribution in [-0.2, 0) is 17.9 Å². The van der Waals surface area contributed by atoms with Crippen molar-refractivity contribution in [3.8, 4) is 5.75 Å². The highest BCUT2D eigenvalue weighted by Gasteiger charge is 2.15. The minimum absolute atomic E-state index is 0.0959. The molecule has 1 aromatic heterocycles. The van der Waals surface area contributed by atoms with Crippen LogP contribution in [0.1, 0.15) is 22.5 Å². The zero-order valence-corrected chi connectivity index (χ0v) is 19.4. The van der Waals surface area contributed by atoms with Crippen molar-refractivity contribution in [2.75, 3.05) is 11.1 Å². The van der Waals surface area contributed by atoms with E-state index in [-0.39, 0.29) is 18.3 Å². The van der Waals surface area contributed by atoms with Crippen LogP contribution in [0.2, 0.25) is 5.02 Å². The molecule has 0 aliphatic rings. The van der Waals surface area contributed by atoms with Crippen molar-refractivity contribution >= 4 is 35.0 Å². The molecule has 0 saturated carbocycles. The quantitative estimate of drug-likeness (QED) is 0.347. The van der Waals surface area contributed by atoms with Gasteiger partial charge in [0.2, 0.25) is 5.91 Å². The first-order valence-corrected chi connectivity index (χ1v) is 11.2. The molecule has 31 heavy (non-hydrogen) atoms. The van der Waals surface area contributed by atoms with Gasteiger partial charge in [0.1, 0.15) is 12.4 Å². The van der Waals surface area contributed by atoms with Crippen LogP contribution >= 0.6 is 23.4 Å². The molecule has 0 bridgehead atoms. The molecular weight excluding hydrogens is 432 g/mol. The van der Waals surface area contributed by atoms with Gasteiger partial charge >= 0.3 is 0 Å². The van der Waals surface area contributed by atoms with Gasteiger partial charge in [-0.15, -0.1) is 16.8 Å². The van der Waals surface area contributed by atoms with Gasteiger partial charge in [0.25, 0.3) is 0 Å². The van der Waals surface area contributed by atoms with Gasteiger partial charge < -0.3 is 10.1 Å². The van der Waals surface area contributed by atoms with Gasteiger partial charge in [0, 0.05) is 17.3 Å². The maximum absolute atomic E-state index is 12.5. The van der Waals surface area contributed by atoms with Gasteiger partial charge in [-0.1, -0.05) is 41.6 Å². The molecule has 0 aliphatic heterocycles. The van der Waals surface area contributed by atoms with E-state index in [0.717, 1.165) is 28.1 Å². The summed E-state index contributed by atoms with van der Waals surface area (Å²) in [6.45, 7) is 10.5. The van der Waals surface area contributed by atoms with Crippen molar-refractivity contribution in [2.24, 2.45) is 0 Å². The number of halogens is 1. The number of carbonyl (C=O) groups is 1. The number of aromatic nitrogens is 3. The Bertz CT molecular complexity index is 1100. The number of nitrogens with one attached hydrogen (secondary N) is 1. The molecule has 0 spiro atoms. The van der Waals surface area contributed by atoms with Crippen molar-refractivity contribution in [1.29, 1.82) is 0 Å². The van der Waals surface area contributed by atoms with Gasteiger partial charge in [0.15, 0.2) is 11.0 Å². The van der Waals surface area contributed by atoms with Gasteiger partial charge in [-0.25, -0.2) is 0 Å². The summed E-state index contributed by atoms with van der Waals surface area (Å²) in [6, 6.07) is 11.4. The molecule has 1 amide bonds. The Morgan fingerprint density at radius 1 is 1.19 bits per heavy atom. The largest absolute Gasteiger partial charge is 0.485 e. The van der Waals surface area contributed by atoms with Crippen LogP contribution in [0.5, 0.6) is 5.75 Å². The van der Waals surface area contributed by atoms with Crippen LogP contribution in [0, 0.1) is 20.8 Å². The highest BCUT2D eigenvalue weighted by atomic mass is 35.5. The maximum Gasteiger partial charge on any atom is 0.234 e. The van der Waals surface area contributed by atoms with Crippen molar-refractivity contribution in [3.05, 3.63) is 76.6 Å². The Labute approximate surface area is 191 Å². The number of benzene rings is 2. The summed E-state index contributed by atoms with van der Waals surface area (Å²) in [5, 5.41) is 12.8. The fraction of sp³-hybridized carbons (Fsp3) is 0.261. The number of amides is 1. The minimum atomic E-state index is -0.0959. The Morgan fingerprint density at radius 3 is 2.74 bits per heavy atom. The monoisotopic (exact) mass is 456 g/mol. The second kappa shape index (κ2) is 10.5. The lowest BCUT2D eigenvalue weighted by Gasteiger charge is -2.11. The zero-order chi connectivity index (χ0) is 22.4. The summed E-state index contributed by atoms with van der Waals surface area (Å²) in [5.41, 5.74) is 3.89. The molecule has 0 unspecified atom stereocenters. The zero-order valence-electron chi connectivity index (χ0n) is 17.8. The lowest BCUT2D eigenvalue weighted by atomic mass is 10.1. The summed E-state index contributed by atoms with van der Waals surface area (Å²) < 4.78 is 7.80. The molecule has 0 fully saturated rings. The molecule has 2 aromatic carbocycles. The predicted molar refractivity (Wildman–Crippen MR) is 126 cm³/mol. The number of nitrogens with zero attached hydrogens (tertiary/aromatic N) is 3. The van der Waals surface area contributed by atoms with Crippen molar-refractivity contribution in [2.45, 2.75) is 39.1 Å². The van der Waals surface area contributed by atoms with E-state index in [1.54, 1.807) is 12.1 Å². The third-order valence-corrected chi connectivity index (χ3v) is 5.80. The average molecular weight is 457 g/mol.